The molecule has 0 spiro atoms. The molecule has 0 radical (unpaired) electrons. The first kappa shape index (κ1) is 11.2. The minimum Gasteiger partial charge on any atom is -0.330 e. The van der Waals surface area contributed by atoms with Crippen LogP contribution in [-0.2, 0) is 6.42 Å². The second-order valence-corrected chi connectivity index (χ2v) is 4.32. The lowest BCUT2D eigenvalue weighted by atomic mass is 10.3. The number of aryl methyl sites for hydroxylation is 1. The Morgan fingerprint density at radius 3 is 2.88 bits per heavy atom. The van der Waals surface area contributed by atoms with Gasteiger partial charge < -0.3 is 5.73 Å². The summed E-state index contributed by atoms with van der Waals surface area (Å²) >= 11 is 1.59. The van der Waals surface area contributed by atoms with Crippen LogP contribution in [0.5, 0.6) is 0 Å². The predicted octanol–water partition coefficient (Wildman–Crippen LogP) is 2.24. The van der Waals surface area contributed by atoms with Crippen LogP contribution >= 0.6 is 11.3 Å². The Morgan fingerprint density at radius 2 is 2.19 bits per heavy atom. The van der Waals surface area contributed by atoms with Crippen LogP contribution in [0, 0.1) is 5.82 Å². The van der Waals surface area contributed by atoms with Crippen molar-refractivity contribution in [1.29, 1.82) is 0 Å². The van der Waals surface area contributed by atoms with Gasteiger partial charge in [-0.05, 0) is 25.1 Å². The molecule has 0 aliphatic carbocycles. The SMILES string of the molecule is NCCCc1nc(-c2ccc(F)cn2)cs1. The highest BCUT2D eigenvalue weighted by molar-refractivity contribution is 7.09. The number of rotatable bonds is 4. The van der Waals surface area contributed by atoms with E-state index in [4.69, 9.17) is 5.73 Å². The van der Waals surface area contributed by atoms with Gasteiger partial charge in [-0.25, -0.2) is 9.37 Å². The van der Waals surface area contributed by atoms with E-state index in [1.807, 2.05) is 5.38 Å². The number of hydrogen-bond donors (Lipinski definition) is 1. The third-order valence-corrected chi connectivity index (χ3v) is 3.04. The summed E-state index contributed by atoms with van der Waals surface area (Å²) in [5.41, 5.74) is 6.94. The second kappa shape index (κ2) is 5.14. The van der Waals surface area contributed by atoms with Gasteiger partial charge in [-0.2, -0.15) is 0 Å². The molecule has 0 aromatic carbocycles. The minimum atomic E-state index is -0.331. The summed E-state index contributed by atoms with van der Waals surface area (Å²) in [7, 11) is 0. The molecule has 0 unspecified atom stereocenters. The van der Waals surface area contributed by atoms with E-state index >= 15 is 0 Å². The monoisotopic (exact) mass is 237 g/mol. The Morgan fingerprint density at radius 1 is 1.31 bits per heavy atom. The van der Waals surface area contributed by atoms with Gasteiger partial charge in [0.2, 0.25) is 0 Å². The molecule has 0 amide bonds. The summed E-state index contributed by atoms with van der Waals surface area (Å²) in [5, 5.41) is 2.98. The molecule has 0 saturated heterocycles. The van der Waals surface area contributed by atoms with Crippen LogP contribution in [0.3, 0.4) is 0 Å². The normalized spacial score (nSPS) is 10.6. The Hall–Kier alpha value is -1.33. The van der Waals surface area contributed by atoms with Crippen molar-refractivity contribution in [3.8, 4) is 11.4 Å². The van der Waals surface area contributed by atoms with Crippen molar-refractivity contribution in [3.05, 3.63) is 34.5 Å². The molecule has 0 bridgehead atoms. The average Bonchev–Trinajstić information content (AvgIpc) is 2.76. The van der Waals surface area contributed by atoms with E-state index in [-0.39, 0.29) is 5.82 Å². The molecule has 2 rings (SSSR count). The number of halogens is 1. The first-order valence-corrected chi connectivity index (χ1v) is 5.94. The van der Waals surface area contributed by atoms with Crippen LogP contribution in [0.4, 0.5) is 4.39 Å². The zero-order chi connectivity index (χ0) is 11.4. The van der Waals surface area contributed by atoms with E-state index in [0.717, 1.165) is 23.5 Å². The van der Waals surface area contributed by atoms with Gasteiger partial charge in [0.25, 0.3) is 0 Å². The molecular weight excluding hydrogens is 225 g/mol. The standard InChI is InChI=1S/C11H12FN3S/c12-8-3-4-9(14-6-8)10-7-16-11(15-10)2-1-5-13/h3-4,6-7H,1-2,5,13H2. The fourth-order valence-electron chi connectivity index (χ4n) is 1.32. The highest BCUT2D eigenvalue weighted by atomic mass is 32.1. The summed E-state index contributed by atoms with van der Waals surface area (Å²) in [5.74, 6) is -0.331. The summed E-state index contributed by atoms with van der Waals surface area (Å²) < 4.78 is 12.7. The lowest BCUT2D eigenvalue weighted by Crippen LogP contribution is -1.99. The highest BCUT2D eigenvalue weighted by Gasteiger charge is 2.05. The molecule has 3 nitrogen and oxygen atoms in total. The van der Waals surface area contributed by atoms with Crippen molar-refractivity contribution < 1.29 is 4.39 Å². The first-order valence-electron chi connectivity index (χ1n) is 5.06. The average molecular weight is 237 g/mol. The summed E-state index contributed by atoms with van der Waals surface area (Å²) in [6.07, 6.45) is 3.03. The molecular formula is C11H12FN3S. The molecule has 0 aliphatic rings. The molecule has 0 fully saturated rings. The minimum absolute atomic E-state index is 0.331. The predicted molar refractivity (Wildman–Crippen MR) is 62.7 cm³/mol. The zero-order valence-corrected chi connectivity index (χ0v) is 9.51. The van der Waals surface area contributed by atoms with Gasteiger partial charge in [-0.15, -0.1) is 11.3 Å². The Kier molecular flexibility index (Phi) is 3.58. The van der Waals surface area contributed by atoms with Crippen molar-refractivity contribution in [2.75, 3.05) is 6.54 Å². The molecule has 5 heteroatoms. The van der Waals surface area contributed by atoms with Gasteiger partial charge >= 0.3 is 0 Å². The van der Waals surface area contributed by atoms with E-state index < -0.39 is 0 Å². The molecule has 84 valence electrons. The quantitative estimate of drug-likeness (QED) is 0.887. The van der Waals surface area contributed by atoms with E-state index in [1.165, 1.54) is 12.3 Å². The molecule has 0 aliphatic heterocycles. The highest BCUT2D eigenvalue weighted by Crippen LogP contribution is 2.20. The molecule has 0 saturated carbocycles. The number of aromatic nitrogens is 2. The number of thiazole rings is 1. The first-order chi connectivity index (χ1) is 7.79. The van der Waals surface area contributed by atoms with Crippen LogP contribution in [0.25, 0.3) is 11.4 Å². The summed E-state index contributed by atoms with van der Waals surface area (Å²) in [6.45, 7) is 0.670. The van der Waals surface area contributed by atoms with E-state index in [1.54, 1.807) is 17.4 Å². The fraction of sp³-hybridized carbons (Fsp3) is 0.273. The molecule has 2 aromatic heterocycles. The Labute approximate surface area is 97.2 Å². The fourth-order valence-corrected chi connectivity index (χ4v) is 2.16. The second-order valence-electron chi connectivity index (χ2n) is 3.38. The largest absolute Gasteiger partial charge is 0.330 e. The number of nitrogens with zero attached hydrogens (tertiary/aromatic N) is 2. The van der Waals surface area contributed by atoms with E-state index in [2.05, 4.69) is 9.97 Å². The lowest BCUT2D eigenvalue weighted by Gasteiger charge is -1.95. The number of hydrogen-bond acceptors (Lipinski definition) is 4. The molecule has 2 aromatic rings. The molecule has 16 heavy (non-hydrogen) atoms. The van der Waals surface area contributed by atoms with Crippen molar-refractivity contribution in [2.45, 2.75) is 12.8 Å². The van der Waals surface area contributed by atoms with Gasteiger partial charge in [0.05, 0.1) is 22.6 Å². The van der Waals surface area contributed by atoms with Crippen LogP contribution in [-0.4, -0.2) is 16.5 Å². The number of nitrogens with two attached hydrogens (primary N) is 1. The van der Waals surface area contributed by atoms with Gasteiger partial charge in [0.15, 0.2) is 0 Å². The maximum absolute atomic E-state index is 12.7. The maximum atomic E-state index is 12.7. The molecule has 2 N–H and O–H groups in total. The smallest absolute Gasteiger partial charge is 0.141 e. The van der Waals surface area contributed by atoms with Gasteiger partial charge in [0, 0.05) is 11.8 Å². The van der Waals surface area contributed by atoms with Crippen molar-refractivity contribution in [1.82, 2.24) is 9.97 Å². The van der Waals surface area contributed by atoms with E-state index in [0.29, 0.717) is 12.2 Å². The molecule has 2 heterocycles. The summed E-state index contributed by atoms with van der Waals surface area (Å²) in [6, 6.07) is 3.03. The van der Waals surface area contributed by atoms with E-state index in [9.17, 15) is 4.39 Å². The topological polar surface area (TPSA) is 51.8 Å². The third kappa shape index (κ3) is 2.62. The Balaban J connectivity index is 2.15. The van der Waals surface area contributed by atoms with Crippen LogP contribution in [0.15, 0.2) is 23.7 Å². The number of pyridine rings is 1. The lowest BCUT2D eigenvalue weighted by molar-refractivity contribution is 0.622. The molecule has 0 atom stereocenters. The van der Waals surface area contributed by atoms with Gasteiger partial charge in [-0.1, -0.05) is 0 Å². The van der Waals surface area contributed by atoms with Gasteiger partial charge in [-0.3, -0.25) is 4.98 Å². The van der Waals surface area contributed by atoms with Crippen LogP contribution in [0.1, 0.15) is 11.4 Å². The van der Waals surface area contributed by atoms with Crippen LogP contribution < -0.4 is 5.73 Å². The summed E-state index contributed by atoms with van der Waals surface area (Å²) in [4.78, 5) is 8.41. The third-order valence-electron chi connectivity index (χ3n) is 2.14. The zero-order valence-electron chi connectivity index (χ0n) is 8.69. The van der Waals surface area contributed by atoms with Gasteiger partial charge in [0.1, 0.15) is 5.82 Å². The van der Waals surface area contributed by atoms with Crippen LogP contribution in [0.2, 0.25) is 0 Å². The van der Waals surface area contributed by atoms with Crippen molar-refractivity contribution in [3.63, 3.8) is 0 Å². The van der Waals surface area contributed by atoms with Crippen molar-refractivity contribution >= 4 is 11.3 Å². The van der Waals surface area contributed by atoms with Crippen molar-refractivity contribution in [2.24, 2.45) is 5.73 Å². The maximum Gasteiger partial charge on any atom is 0.141 e. The Bertz CT molecular complexity index is 453.